The minimum Gasteiger partial charge on any atom is -0.206 e. The zero-order valence-corrected chi connectivity index (χ0v) is 7.35. The van der Waals surface area contributed by atoms with Gasteiger partial charge in [-0.15, -0.1) is 0 Å². The number of alkyl halides is 3. The Labute approximate surface area is 83.3 Å². The Morgan fingerprint density at radius 2 is 1.93 bits per heavy atom. The molecule has 0 fully saturated rings. The molecule has 0 spiro atoms. The van der Waals surface area contributed by atoms with Crippen LogP contribution in [0.25, 0.3) is 6.08 Å². The highest BCUT2D eigenvalue weighted by atomic mass is 19.4. The lowest BCUT2D eigenvalue weighted by Crippen LogP contribution is -2.08. The number of halogens is 4. The number of allylic oxidation sites excluding steroid dienone is 1. The van der Waals surface area contributed by atoms with Gasteiger partial charge < -0.3 is 0 Å². The Balaban J connectivity index is 3.18. The first kappa shape index (κ1) is 11.2. The quantitative estimate of drug-likeness (QED) is 0.520. The third-order valence-electron chi connectivity index (χ3n) is 1.65. The van der Waals surface area contributed by atoms with E-state index in [1.165, 1.54) is 12.1 Å². The molecule has 5 heteroatoms. The molecule has 15 heavy (non-hydrogen) atoms. The Hall–Kier alpha value is -1.83. The zero-order chi connectivity index (χ0) is 11.5. The molecule has 0 heterocycles. The van der Waals surface area contributed by atoms with Gasteiger partial charge in [-0.1, -0.05) is 6.07 Å². The summed E-state index contributed by atoms with van der Waals surface area (Å²) in [7, 11) is 0. The predicted molar refractivity (Wildman–Crippen MR) is 46.0 cm³/mol. The molecule has 0 aromatic heterocycles. The Morgan fingerprint density at radius 3 is 2.47 bits per heavy atom. The van der Waals surface area contributed by atoms with E-state index >= 15 is 0 Å². The molecule has 0 bridgehead atoms. The lowest BCUT2D eigenvalue weighted by molar-refractivity contribution is -0.140. The number of benzene rings is 1. The molecule has 0 aliphatic rings. The highest BCUT2D eigenvalue weighted by molar-refractivity contribution is 5.53. The standard InChI is InChI=1S/C10H5F4N/c11-9-4-3-7(2-1-5-15)6-8(9)10(12,13)14/h1-4,6H. The fourth-order valence-corrected chi connectivity index (χ4v) is 0.997. The Bertz CT molecular complexity index is 426. The van der Waals surface area contributed by atoms with Crippen molar-refractivity contribution in [3.63, 3.8) is 0 Å². The van der Waals surface area contributed by atoms with Crippen LogP contribution in [0.15, 0.2) is 24.3 Å². The molecule has 1 aromatic rings. The van der Waals surface area contributed by atoms with Crippen molar-refractivity contribution in [1.29, 1.82) is 5.26 Å². The Kier molecular flexibility index (Phi) is 3.10. The van der Waals surface area contributed by atoms with E-state index in [0.29, 0.717) is 6.07 Å². The van der Waals surface area contributed by atoms with Crippen molar-refractivity contribution in [1.82, 2.24) is 0 Å². The maximum Gasteiger partial charge on any atom is 0.419 e. The van der Waals surface area contributed by atoms with Gasteiger partial charge in [0.2, 0.25) is 0 Å². The average Bonchev–Trinajstić information content (AvgIpc) is 2.15. The van der Waals surface area contributed by atoms with Crippen LogP contribution >= 0.6 is 0 Å². The minimum atomic E-state index is -4.72. The maximum absolute atomic E-state index is 12.8. The molecular formula is C10H5F4N. The molecule has 1 rings (SSSR count). The van der Waals surface area contributed by atoms with Gasteiger partial charge in [0.1, 0.15) is 5.82 Å². The maximum atomic E-state index is 12.8. The third kappa shape index (κ3) is 2.81. The van der Waals surface area contributed by atoms with Gasteiger partial charge in [-0.05, 0) is 23.8 Å². The van der Waals surface area contributed by atoms with Crippen LogP contribution in [-0.4, -0.2) is 0 Å². The average molecular weight is 215 g/mol. The fourth-order valence-electron chi connectivity index (χ4n) is 0.997. The van der Waals surface area contributed by atoms with Crippen LogP contribution in [0, 0.1) is 17.1 Å². The second-order valence-corrected chi connectivity index (χ2v) is 2.70. The van der Waals surface area contributed by atoms with Crippen molar-refractivity contribution in [2.45, 2.75) is 6.18 Å². The number of nitrogens with zero attached hydrogens (tertiary/aromatic N) is 1. The number of hydrogen-bond acceptors (Lipinski definition) is 1. The normalized spacial score (nSPS) is 11.7. The first-order valence-electron chi connectivity index (χ1n) is 3.88. The topological polar surface area (TPSA) is 23.8 Å². The van der Waals surface area contributed by atoms with Crippen molar-refractivity contribution < 1.29 is 17.6 Å². The van der Waals surface area contributed by atoms with Gasteiger partial charge >= 0.3 is 6.18 Å². The molecule has 78 valence electrons. The van der Waals surface area contributed by atoms with Gasteiger partial charge in [0.05, 0.1) is 11.6 Å². The summed E-state index contributed by atoms with van der Waals surface area (Å²) in [5.41, 5.74) is -1.20. The molecule has 0 amide bonds. The van der Waals surface area contributed by atoms with E-state index in [4.69, 9.17) is 5.26 Å². The summed E-state index contributed by atoms with van der Waals surface area (Å²) in [5.74, 6) is -1.32. The highest BCUT2D eigenvalue weighted by Crippen LogP contribution is 2.32. The van der Waals surface area contributed by atoms with E-state index in [0.717, 1.165) is 12.1 Å². The lowest BCUT2D eigenvalue weighted by atomic mass is 10.1. The van der Waals surface area contributed by atoms with E-state index < -0.39 is 17.6 Å². The van der Waals surface area contributed by atoms with Gasteiger partial charge in [0.25, 0.3) is 0 Å². The van der Waals surface area contributed by atoms with Crippen molar-refractivity contribution in [3.8, 4) is 6.07 Å². The lowest BCUT2D eigenvalue weighted by Gasteiger charge is -2.08. The van der Waals surface area contributed by atoms with E-state index in [1.807, 2.05) is 0 Å². The van der Waals surface area contributed by atoms with Crippen LogP contribution in [0.4, 0.5) is 17.6 Å². The number of hydrogen-bond donors (Lipinski definition) is 0. The van der Waals surface area contributed by atoms with Crippen LogP contribution in [0.5, 0.6) is 0 Å². The summed E-state index contributed by atoms with van der Waals surface area (Å²) in [6.07, 6.45) is -2.53. The minimum absolute atomic E-state index is 0.130. The van der Waals surface area contributed by atoms with Crippen LogP contribution in [0.2, 0.25) is 0 Å². The van der Waals surface area contributed by atoms with Crippen molar-refractivity contribution >= 4 is 6.08 Å². The molecule has 0 unspecified atom stereocenters. The molecule has 0 radical (unpaired) electrons. The second kappa shape index (κ2) is 4.13. The smallest absolute Gasteiger partial charge is 0.206 e. The molecule has 0 saturated heterocycles. The molecule has 0 aliphatic carbocycles. The van der Waals surface area contributed by atoms with Crippen LogP contribution in [0.3, 0.4) is 0 Å². The molecule has 0 atom stereocenters. The van der Waals surface area contributed by atoms with Crippen molar-refractivity contribution in [2.24, 2.45) is 0 Å². The third-order valence-corrected chi connectivity index (χ3v) is 1.65. The summed E-state index contributed by atoms with van der Waals surface area (Å²) in [6.45, 7) is 0. The zero-order valence-electron chi connectivity index (χ0n) is 7.35. The first-order chi connectivity index (χ1) is 6.95. The van der Waals surface area contributed by atoms with Gasteiger partial charge in [0, 0.05) is 6.08 Å². The summed E-state index contributed by atoms with van der Waals surface area (Å²) >= 11 is 0. The fraction of sp³-hybridized carbons (Fsp3) is 0.100. The van der Waals surface area contributed by atoms with E-state index in [9.17, 15) is 17.6 Å². The van der Waals surface area contributed by atoms with E-state index in [2.05, 4.69) is 0 Å². The van der Waals surface area contributed by atoms with Gasteiger partial charge in [-0.3, -0.25) is 0 Å². The van der Waals surface area contributed by atoms with Crippen LogP contribution in [0.1, 0.15) is 11.1 Å². The summed E-state index contributed by atoms with van der Waals surface area (Å²) in [5, 5.41) is 8.18. The summed E-state index contributed by atoms with van der Waals surface area (Å²) < 4.78 is 49.4. The monoisotopic (exact) mass is 215 g/mol. The second-order valence-electron chi connectivity index (χ2n) is 2.70. The van der Waals surface area contributed by atoms with Gasteiger partial charge in [-0.2, -0.15) is 18.4 Å². The Morgan fingerprint density at radius 1 is 1.27 bits per heavy atom. The van der Waals surface area contributed by atoms with E-state index in [-0.39, 0.29) is 5.56 Å². The number of nitriles is 1. The molecule has 1 aromatic carbocycles. The molecule has 0 aliphatic heterocycles. The largest absolute Gasteiger partial charge is 0.419 e. The van der Waals surface area contributed by atoms with Crippen molar-refractivity contribution in [3.05, 3.63) is 41.2 Å². The van der Waals surface area contributed by atoms with Gasteiger partial charge in [0.15, 0.2) is 0 Å². The molecule has 0 saturated carbocycles. The summed E-state index contributed by atoms with van der Waals surface area (Å²) in [6, 6.07) is 4.18. The highest BCUT2D eigenvalue weighted by Gasteiger charge is 2.33. The first-order valence-corrected chi connectivity index (χ1v) is 3.88. The predicted octanol–water partition coefficient (Wildman–Crippen LogP) is 3.38. The van der Waals surface area contributed by atoms with Crippen molar-refractivity contribution in [2.75, 3.05) is 0 Å². The van der Waals surface area contributed by atoms with E-state index in [1.54, 1.807) is 6.07 Å². The molecular weight excluding hydrogens is 210 g/mol. The summed E-state index contributed by atoms with van der Waals surface area (Å²) in [4.78, 5) is 0. The number of rotatable bonds is 1. The molecule has 0 N–H and O–H groups in total. The van der Waals surface area contributed by atoms with Gasteiger partial charge in [-0.25, -0.2) is 4.39 Å². The van der Waals surface area contributed by atoms with Crippen LogP contribution < -0.4 is 0 Å². The van der Waals surface area contributed by atoms with Crippen LogP contribution in [-0.2, 0) is 6.18 Å². The SMILES string of the molecule is N#CC=Cc1ccc(F)c(C(F)(F)F)c1. The molecule has 1 nitrogen and oxygen atoms in total.